The highest BCUT2D eigenvalue weighted by Gasteiger charge is 2.52. The first-order chi connectivity index (χ1) is 25.8. The van der Waals surface area contributed by atoms with Gasteiger partial charge in [0.1, 0.15) is 0 Å². The molecule has 9 aromatic carbocycles. The smallest absolute Gasteiger partial charge is 0.0725 e. The first-order valence-corrected chi connectivity index (χ1v) is 18.1. The zero-order valence-electron chi connectivity index (χ0n) is 28.5. The lowest BCUT2D eigenvalue weighted by molar-refractivity contribution is 0.794. The Bertz CT molecular complexity index is 2800. The Morgan fingerprint density at radius 2 is 0.846 bits per heavy atom. The number of hydrogen-bond donors (Lipinski definition) is 0. The summed E-state index contributed by atoms with van der Waals surface area (Å²) in [5.41, 5.74) is 16.3. The highest BCUT2D eigenvalue weighted by molar-refractivity contribution is 6.11. The molecule has 242 valence electrons. The fourth-order valence-electron chi connectivity index (χ4n) is 9.39. The van der Waals surface area contributed by atoms with E-state index in [9.17, 15) is 0 Å². The minimum Gasteiger partial charge on any atom is -0.310 e. The molecular weight excluding hydrogens is 627 g/mol. The van der Waals surface area contributed by atoms with Gasteiger partial charge >= 0.3 is 0 Å². The topological polar surface area (TPSA) is 3.24 Å². The molecule has 0 N–H and O–H groups in total. The molecule has 2 aliphatic carbocycles. The first kappa shape index (κ1) is 29.1. The summed E-state index contributed by atoms with van der Waals surface area (Å²) in [6, 6.07) is 73.9. The molecule has 1 nitrogen and oxygen atoms in total. The summed E-state index contributed by atoms with van der Waals surface area (Å²) in [7, 11) is 0. The third-order valence-electron chi connectivity index (χ3n) is 11.5. The Morgan fingerprint density at radius 3 is 1.56 bits per heavy atom. The Labute approximate surface area is 303 Å². The van der Waals surface area contributed by atoms with E-state index in [0.29, 0.717) is 0 Å². The Hall–Kier alpha value is -6.70. The molecule has 0 aliphatic heterocycles. The average Bonchev–Trinajstić information content (AvgIpc) is 3.69. The molecule has 0 radical (unpaired) electrons. The van der Waals surface area contributed by atoms with E-state index in [1.54, 1.807) is 0 Å². The van der Waals surface area contributed by atoms with Crippen LogP contribution in [0.1, 0.15) is 22.3 Å². The fraction of sp³-hybridized carbons (Fsp3) is 0.0196. The van der Waals surface area contributed by atoms with Gasteiger partial charge in [0.05, 0.1) is 11.1 Å². The van der Waals surface area contributed by atoms with Gasteiger partial charge in [-0.1, -0.05) is 164 Å². The summed E-state index contributed by atoms with van der Waals surface area (Å²) >= 11 is 0. The van der Waals surface area contributed by atoms with E-state index in [-0.39, 0.29) is 0 Å². The maximum atomic E-state index is 2.52. The van der Waals surface area contributed by atoms with Gasteiger partial charge in [0.2, 0.25) is 0 Å². The van der Waals surface area contributed by atoms with Crippen LogP contribution in [-0.2, 0) is 5.41 Å². The largest absolute Gasteiger partial charge is 0.310 e. The first-order valence-electron chi connectivity index (χ1n) is 18.1. The van der Waals surface area contributed by atoms with Gasteiger partial charge in [-0.25, -0.2) is 0 Å². The highest BCUT2D eigenvalue weighted by atomic mass is 15.1. The van der Waals surface area contributed by atoms with Crippen LogP contribution in [-0.4, -0.2) is 0 Å². The van der Waals surface area contributed by atoms with Crippen LogP contribution in [0.25, 0.3) is 54.9 Å². The summed E-state index contributed by atoms with van der Waals surface area (Å²) in [4.78, 5) is 2.38. The minimum absolute atomic E-state index is 0.393. The van der Waals surface area contributed by atoms with Crippen LogP contribution in [0.15, 0.2) is 200 Å². The Balaban J connectivity index is 1.15. The minimum atomic E-state index is -0.393. The lowest BCUT2D eigenvalue weighted by Crippen LogP contribution is -2.25. The van der Waals surface area contributed by atoms with Crippen molar-refractivity contribution in [2.75, 3.05) is 4.90 Å². The van der Waals surface area contributed by atoms with Crippen molar-refractivity contribution in [2.24, 2.45) is 0 Å². The number of para-hydroxylation sites is 1. The molecular formula is C51H33N. The van der Waals surface area contributed by atoms with Gasteiger partial charge in [0.15, 0.2) is 0 Å². The van der Waals surface area contributed by atoms with Crippen LogP contribution in [0, 0.1) is 0 Å². The van der Waals surface area contributed by atoms with Crippen molar-refractivity contribution in [1.82, 2.24) is 0 Å². The molecule has 1 spiro atoms. The molecule has 11 rings (SSSR count). The van der Waals surface area contributed by atoms with Gasteiger partial charge in [0, 0.05) is 16.8 Å². The predicted octanol–water partition coefficient (Wildman–Crippen LogP) is 13.5. The lowest BCUT2D eigenvalue weighted by Gasteiger charge is -2.31. The van der Waals surface area contributed by atoms with Gasteiger partial charge < -0.3 is 4.90 Å². The number of hydrogen-bond acceptors (Lipinski definition) is 1. The average molecular weight is 660 g/mol. The molecule has 0 unspecified atom stereocenters. The van der Waals surface area contributed by atoms with Crippen LogP contribution in [0.5, 0.6) is 0 Å². The quantitative estimate of drug-likeness (QED) is 0.182. The maximum absolute atomic E-state index is 2.52. The summed E-state index contributed by atoms with van der Waals surface area (Å²) in [5, 5.41) is 5.03. The van der Waals surface area contributed by atoms with E-state index in [0.717, 1.165) is 11.4 Å². The third-order valence-corrected chi connectivity index (χ3v) is 11.5. The molecule has 0 amide bonds. The second-order valence-corrected chi connectivity index (χ2v) is 14.0. The molecule has 52 heavy (non-hydrogen) atoms. The van der Waals surface area contributed by atoms with E-state index in [2.05, 4.69) is 205 Å². The molecule has 0 saturated heterocycles. The molecule has 0 bridgehead atoms. The van der Waals surface area contributed by atoms with Crippen LogP contribution in [0.3, 0.4) is 0 Å². The molecule has 9 aromatic rings. The number of rotatable bonds is 4. The SMILES string of the molecule is c1ccc(N(c2ccc(-c3cc4c(c5ccccc35)-c3ccccc3C43c4ccccc4-c4ccccc43)cc2)c2cccc3ccccc23)cc1. The van der Waals surface area contributed by atoms with Gasteiger partial charge in [-0.05, 0) is 108 Å². The second kappa shape index (κ2) is 11.2. The Kier molecular flexibility index (Phi) is 6.23. The summed E-state index contributed by atoms with van der Waals surface area (Å²) in [6.07, 6.45) is 0. The number of benzene rings is 9. The molecule has 0 heterocycles. The molecule has 2 aliphatic rings. The predicted molar refractivity (Wildman–Crippen MR) is 218 cm³/mol. The zero-order chi connectivity index (χ0) is 34.2. The summed E-state index contributed by atoms with van der Waals surface area (Å²) < 4.78 is 0. The van der Waals surface area contributed by atoms with Crippen molar-refractivity contribution in [3.05, 3.63) is 222 Å². The van der Waals surface area contributed by atoms with Crippen molar-refractivity contribution in [3.8, 4) is 33.4 Å². The van der Waals surface area contributed by atoms with Crippen LogP contribution >= 0.6 is 0 Å². The number of fused-ring (bicyclic) bond motifs is 13. The van der Waals surface area contributed by atoms with Crippen LogP contribution < -0.4 is 4.90 Å². The molecule has 0 saturated carbocycles. The van der Waals surface area contributed by atoms with Crippen LogP contribution in [0.2, 0.25) is 0 Å². The van der Waals surface area contributed by atoms with E-state index in [4.69, 9.17) is 0 Å². The fourth-order valence-corrected chi connectivity index (χ4v) is 9.39. The molecule has 0 atom stereocenters. The van der Waals surface area contributed by atoms with E-state index >= 15 is 0 Å². The highest BCUT2D eigenvalue weighted by Crippen LogP contribution is 2.64. The number of anilines is 3. The second-order valence-electron chi connectivity index (χ2n) is 14.0. The monoisotopic (exact) mass is 659 g/mol. The third kappa shape index (κ3) is 3.94. The van der Waals surface area contributed by atoms with Gasteiger partial charge in [-0.15, -0.1) is 0 Å². The van der Waals surface area contributed by atoms with E-state index < -0.39 is 5.41 Å². The van der Waals surface area contributed by atoms with Crippen molar-refractivity contribution in [3.63, 3.8) is 0 Å². The number of nitrogens with zero attached hydrogens (tertiary/aromatic N) is 1. The van der Waals surface area contributed by atoms with Crippen molar-refractivity contribution in [1.29, 1.82) is 0 Å². The van der Waals surface area contributed by atoms with Crippen LogP contribution in [0.4, 0.5) is 17.1 Å². The molecule has 0 fully saturated rings. The summed E-state index contributed by atoms with van der Waals surface area (Å²) in [5.74, 6) is 0. The normalized spacial score (nSPS) is 13.2. The van der Waals surface area contributed by atoms with Gasteiger partial charge in [0.25, 0.3) is 0 Å². The molecule has 1 heteroatoms. The maximum Gasteiger partial charge on any atom is 0.0725 e. The van der Waals surface area contributed by atoms with E-state index in [1.807, 2.05) is 0 Å². The van der Waals surface area contributed by atoms with Gasteiger partial charge in [-0.2, -0.15) is 0 Å². The molecule has 0 aromatic heterocycles. The van der Waals surface area contributed by atoms with E-state index in [1.165, 1.54) is 82.9 Å². The zero-order valence-corrected chi connectivity index (χ0v) is 28.5. The van der Waals surface area contributed by atoms with Crippen molar-refractivity contribution >= 4 is 38.6 Å². The summed E-state index contributed by atoms with van der Waals surface area (Å²) in [6.45, 7) is 0. The van der Waals surface area contributed by atoms with Gasteiger partial charge in [-0.3, -0.25) is 0 Å². The Morgan fingerprint density at radius 1 is 0.327 bits per heavy atom. The van der Waals surface area contributed by atoms with Crippen molar-refractivity contribution in [2.45, 2.75) is 5.41 Å². The van der Waals surface area contributed by atoms with Crippen molar-refractivity contribution < 1.29 is 0 Å². The lowest BCUT2D eigenvalue weighted by atomic mass is 9.70. The standard InChI is InChI=1S/C51H33N/c1-2-17-36(18-3-1)52(49-28-14-16-34-15-4-5-19-38(34)49)37-31-29-35(30-32-37)44-33-48-50(42-23-7-6-20-39(42)44)43-24-10-13-27-47(43)51(48)45-25-11-8-21-40(45)41-22-9-12-26-46(41)51/h1-33H.